The molecule has 2 heterocycles. The zero-order valence-corrected chi connectivity index (χ0v) is 9.52. The van der Waals surface area contributed by atoms with Gasteiger partial charge in [-0.2, -0.15) is 10.4 Å². The molecule has 0 atom stereocenters. The number of aromatic amines is 2. The van der Waals surface area contributed by atoms with Crippen molar-refractivity contribution in [3.05, 3.63) is 38.8 Å². The SMILES string of the molecule is CCn1cc(Nc2[nH]c(=O)[nH]c(=O)c2C#N)cn1. The molecule has 0 fully saturated rings. The summed E-state index contributed by atoms with van der Waals surface area (Å²) in [5.41, 5.74) is -1.01. The molecule has 0 spiro atoms. The van der Waals surface area contributed by atoms with Crippen molar-refractivity contribution in [1.29, 1.82) is 5.26 Å². The van der Waals surface area contributed by atoms with Crippen molar-refractivity contribution in [3.63, 3.8) is 0 Å². The minimum Gasteiger partial charge on any atom is -0.338 e. The molecule has 0 aliphatic heterocycles. The molecule has 0 aromatic carbocycles. The van der Waals surface area contributed by atoms with Crippen molar-refractivity contribution in [2.75, 3.05) is 5.32 Å². The Morgan fingerprint density at radius 3 is 2.89 bits per heavy atom. The van der Waals surface area contributed by atoms with E-state index in [0.29, 0.717) is 12.2 Å². The molecule has 0 aliphatic carbocycles. The fraction of sp³-hybridized carbons (Fsp3) is 0.200. The van der Waals surface area contributed by atoms with Crippen LogP contribution >= 0.6 is 0 Å². The Bertz CT molecular complexity index is 717. The fourth-order valence-corrected chi connectivity index (χ4v) is 1.43. The van der Waals surface area contributed by atoms with E-state index < -0.39 is 11.2 Å². The molecule has 8 nitrogen and oxygen atoms in total. The summed E-state index contributed by atoms with van der Waals surface area (Å²) in [6, 6.07) is 1.73. The summed E-state index contributed by atoms with van der Waals surface area (Å²) < 4.78 is 1.67. The monoisotopic (exact) mass is 246 g/mol. The average Bonchev–Trinajstić information content (AvgIpc) is 2.76. The Morgan fingerprint density at radius 1 is 1.50 bits per heavy atom. The van der Waals surface area contributed by atoms with Crippen LogP contribution < -0.4 is 16.6 Å². The lowest BCUT2D eigenvalue weighted by Gasteiger charge is -2.03. The van der Waals surface area contributed by atoms with Crippen molar-refractivity contribution in [2.45, 2.75) is 13.5 Å². The van der Waals surface area contributed by atoms with Crippen LogP contribution in [0.4, 0.5) is 11.5 Å². The first-order chi connectivity index (χ1) is 8.63. The van der Waals surface area contributed by atoms with Crippen LogP contribution in [0.5, 0.6) is 0 Å². The van der Waals surface area contributed by atoms with Crippen LogP contribution in [0.15, 0.2) is 22.0 Å². The summed E-state index contributed by atoms with van der Waals surface area (Å²) in [6.07, 6.45) is 3.23. The second-order valence-electron chi connectivity index (χ2n) is 3.48. The van der Waals surface area contributed by atoms with Gasteiger partial charge in [0.25, 0.3) is 5.56 Å². The molecule has 0 bridgehead atoms. The molecule has 0 amide bonds. The maximum Gasteiger partial charge on any atom is 0.327 e. The van der Waals surface area contributed by atoms with Crippen LogP contribution in [0.3, 0.4) is 0 Å². The number of hydrogen-bond donors (Lipinski definition) is 3. The van der Waals surface area contributed by atoms with E-state index >= 15 is 0 Å². The number of aromatic nitrogens is 4. The quantitative estimate of drug-likeness (QED) is 0.698. The highest BCUT2D eigenvalue weighted by molar-refractivity contribution is 5.60. The minimum atomic E-state index is -0.730. The maximum absolute atomic E-state index is 11.4. The number of hydrogen-bond acceptors (Lipinski definition) is 5. The molecule has 0 saturated heterocycles. The van der Waals surface area contributed by atoms with Gasteiger partial charge in [0.05, 0.1) is 11.9 Å². The highest BCUT2D eigenvalue weighted by Crippen LogP contribution is 2.13. The predicted molar refractivity (Wildman–Crippen MR) is 63.6 cm³/mol. The standard InChI is InChI=1S/C10H10N6O2/c1-2-16-5-6(4-12-16)13-8-7(3-11)9(17)15-10(18)14-8/h4-5H,2H2,1H3,(H3,13,14,15,17,18). The van der Waals surface area contributed by atoms with Crippen molar-refractivity contribution in [2.24, 2.45) is 0 Å². The van der Waals surface area contributed by atoms with Gasteiger partial charge in [0.15, 0.2) is 5.56 Å². The molecule has 0 radical (unpaired) electrons. The lowest BCUT2D eigenvalue weighted by Crippen LogP contribution is -2.25. The maximum atomic E-state index is 11.4. The average molecular weight is 246 g/mol. The van der Waals surface area contributed by atoms with E-state index in [1.54, 1.807) is 16.9 Å². The highest BCUT2D eigenvalue weighted by Gasteiger charge is 2.09. The Hall–Kier alpha value is -2.82. The number of aryl methyl sites for hydroxylation is 1. The van der Waals surface area contributed by atoms with Crippen molar-refractivity contribution in [3.8, 4) is 6.07 Å². The zero-order chi connectivity index (χ0) is 13.1. The predicted octanol–water partition coefficient (Wildman–Crippen LogP) is -0.105. The third kappa shape index (κ3) is 2.15. The van der Waals surface area contributed by atoms with Gasteiger partial charge in [-0.15, -0.1) is 0 Å². The van der Waals surface area contributed by atoms with Gasteiger partial charge in [-0.1, -0.05) is 0 Å². The van der Waals surface area contributed by atoms with Crippen LogP contribution in [-0.4, -0.2) is 19.7 Å². The van der Waals surface area contributed by atoms with E-state index in [2.05, 4.69) is 15.4 Å². The number of anilines is 2. The zero-order valence-electron chi connectivity index (χ0n) is 9.52. The van der Waals surface area contributed by atoms with Gasteiger partial charge < -0.3 is 5.32 Å². The molecule has 0 aliphatic rings. The van der Waals surface area contributed by atoms with E-state index in [1.807, 2.05) is 11.9 Å². The Morgan fingerprint density at radius 2 is 2.28 bits per heavy atom. The summed E-state index contributed by atoms with van der Waals surface area (Å²) in [7, 11) is 0. The van der Waals surface area contributed by atoms with Crippen LogP contribution in [0.25, 0.3) is 0 Å². The summed E-state index contributed by atoms with van der Waals surface area (Å²) >= 11 is 0. The smallest absolute Gasteiger partial charge is 0.327 e. The van der Waals surface area contributed by atoms with E-state index in [1.165, 1.54) is 6.20 Å². The Balaban J connectivity index is 2.43. The summed E-state index contributed by atoms with van der Waals surface area (Å²) in [5.74, 6) is 0.0573. The molecule has 92 valence electrons. The number of nitrogens with zero attached hydrogens (tertiary/aromatic N) is 3. The Kier molecular flexibility index (Phi) is 2.97. The van der Waals surface area contributed by atoms with Crippen molar-refractivity contribution < 1.29 is 0 Å². The molecule has 18 heavy (non-hydrogen) atoms. The van der Waals surface area contributed by atoms with Gasteiger partial charge in [-0.25, -0.2) is 4.79 Å². The molecule has 0 unspecified atom stereocenters. The first-order valence-corrected chi connectivity index (χ1v) is 5.20. The van der Waals surface area contributed by atoms with Crippen molar-refractivity contribution >= 4 is 11.5 Å². The van der Waals surface area contributed by atoms with Crippen LogP contribution in [0, 0.1) is 11.3 Å². The summed E-state index contributed by atoms with van der Waals surface area (Å²) in [5, 5.41) is 15.7. The number of rotatable bonds is 3. The second kappa shape index (κ2) is 4.58. The molecule has 2 aromatic heterocycles. The second-order valence-corrected chi connectivity index (χ2v) is 3.48. The highest BCUT2D eigenvalue weighted by atomic mass is 16.2. The van der Waals surface area contributed by atoms with Crippen molar-refractivity contribution in [1.82, 2.24) is 19.7 Å². The van der Waals surface area contributed by atoms with Crippen LogP contribution in [0.2, 0.25) is 0 Å². The molecular formula is C10H10N6O2. The summed E-state index contributed by atoms with van der Waals surface area (Å²) in [4.78, 5) is 26.9. The topological polar surface area (TPSA) is 119 Å². The molecule has 8 heteroatoms. The van der Waals surface area contributed by atoms with Crippen LogP contribution in [-0.2, 0) is 6.54 Å². The lowest BCUT2D eigenvalue weighted by molar-refractivity contribution is 0.660. The minimum absolute atomic E-state index is 0.0573. The first kappa shape index (κ1) is 11.7. The first-order valence-electron chi connectivity index (χ1n) is 5.20. The van der Waals surface area contributed by atoms with E-state index in [-0.39, 0.29) is 11.4 Å². The molecule has 0 saturated carbocycles. The lowest BCUT2D eigenvalue weighted by atomic mass is 10.3. The van der Waals surface area contributed by atoms with Gasteiger partial charge in [0, 0.05) is 12.7 Å². The van der Waals surface area contributed by atoms with Gasteiger partial charge in [0.1, 0.15) is 11.9 Å². The third-order valence-corrected chi connectivity index (χ3v) is 2.28. The molecule has 3 N–H and O–H groups in total. The van der Waals surface area contributed by atoms with Gasteiger partial charge in [0.2, 0.25) is 0 Å². The molecule has 2 rings (SSSR count). The van der Waals surface area contributed by atoms with Gasteiger partial charge >= 0.3 is 5.69 Å². The number of H-pyrrole nitrogens is 2. The third-order valence-electron chi connectivity index (χ3n) is 2.28. The van der Waals surface area contributed by atoms with E-state index in [9.17, 15) is 9.59 Å². The van der Waals surface area contributed by atoms with E-state index in [0.717, 1.165) is 0 Å². The Labute approximate surface area is 101 Å². The van der Waals surface area contributed by atoms with E-state index in [4.69, 9.17) is 5.26 Å². The summed E-state index contributed by atoms with van der Waals surface area (Å²) in [6.45, 7) is 2.62. The van der Waals surface area contributed by atoms with Gasteiger partial charge in [-0.3, -0.25) is 19.4 Å². The largest absolute Gasteiger partial charge is 0.338 e. The normalized spacial score (nSPS) is 10.0. The number of nitrogens with one attached hydrogen (secondary N) is 3. The van der Waals surface area contributed by atoms with Gasteiger partial charge in [-0.05, 0) is 6.92 Å². The number of nitriles is 1. The van der Waals surface area contributed by atoms with Crippen LogP contribution in [0.1, 0.15) is 12.5 Å². The fourth-order valence-electron chi connectivity index (χ4n) is 1.43. The molecule has 2 aromatic rings. The molecular weight excluding hydrogens is 236 g/mol.